The minimum absolute atomic E-state index is 0.0752. The van der Waals surface area contributed by atoms with Gasteiger partial charge in [-0.3, -0.25) is 58.1 Å². The number of aliphatic hydroxyl groups is 1. The Hall–Kier alpha value is -7.62. The molecular formula is C48H80N14O14. The van der Waals surface area contributed by atoms with Crippen molar-refractivity contribution in [2.24, 2.45) is 40.7 Å². The lowest BCUT2D eigenvalue weighted by molar-refractivity contribution is -0.142. The summed E-state index contributed by atoms with van der Waals surface area (Å²) in [7, 11) is 0. The molecule has 0 radical (unpaired) electrons. The number of primary amides is 2. The number of phenolic OH excluding ortho intramolecular Hbond substituents is 1. The SMILES string of the molecule is CC[C@H](C)[C@H](NC(=O)[C@H](C)NC(=O)[C@@H](NC(=O)[C@H](CC(C)C)NC(=O)[C@H](CC(=O)O)NC(=O)[C@@H](NC(=O)[C@H](Cc1ccc(O)cc1)NC(=O)[C@@H](N)CCCNC(=N)N)[C@@H](C)O)C(C)C)C(=O)N[C@@H](CCC(N)=O)C(N)=O. The molecule has 0 aliphatic carbocycles. The number of carbonyl (C=O) groups is 11. The summed E-state index contributed by atoms with van der Waals surface area (Å²) in [6.07, 6.45) is -2.65. The van der Waals surface area contributed by atoms with Crippen LogP contribution in [0.4, 0.5) is 0 Å². The number of carboxylic acids is 1. The molecule has 0 aliphatic rings. The molecule has 426 valence electrons. The van der Waals surface area contributed by atoms with E-state index in [1.807, 2.05) is 0 Å². The number of nitrogens with two attached hydrogens (primary N) is 4. The summed E-state index contributed by atoms with van der Waals surface area (Å²) in [4.78, 5) is 145. The van der Waals surface area contributed by atoms with Gasteiger partial charge in [-0.25, -0.2) is 0 Å². The molecule has 28 nitrogen and oxygen atoms in total. The van der Waals surface area contributed by atoms with Crippen LogP contribution in [0.3, 0.4) is 0 Å². The molecule has 0 saturated heterocycles. The number of hydrogen-bond acceptors (Lipinski definition) is 15. The summed E-state index contributed by atoms with van der Waals surface area (Å²) in [6, 6.07) is -7.37. The third kappa shape index (κ3) is 24.2. The number of benzene rings is 1. The number of carbonyl (C=O) groups excluding carboxylic acids is 10. The second-order valence-corrected chi connectivity index (χ2v) is 19.4. The van der Waals surface area contributed by atoms with Crippen molar-refractivity contribution in [1.29, 1.82) is 5.41 Å². The number of amides is 10. The van der Waals surface area contributed by atoms with Crippen LogP contribution in [0.1, 0.15) is 106 Å². The van der Waals surface area contributed by atoms with Gasteiger partial charge in [0.25, 0.3) is 0 Å². The molecule has 10 amide bonds. The Morgan fingerprint density at radius 3 is 1.62 bits per heavy atom. The van der Waals surface area contributed by atoms with Gasteiger partial charge < -0.3 is 86.1 Å². The summed E-state index contributed by atoms with van der Waals surface area (Å²) in [5.41, 5.74) is 22.4. The second-order valence-electron chi connectivity index (χ2n) is 19.4. The van der Waals surface area contributed by atoms with E-state index >= 15 is 0 Å². The number of phenols is 1. The number of aromatic hydroxyl groups is 1. The van der Waals surface area contributed by atoms with Crippen LogP contribution in [0.2, 0.25) is 0 Å². The molecule has 0 spiro atoms. The van der Waals surface area contributed by atoms with E-state index in [0.29, 0.717) is 18.4 Å². The molecule has 1 aromatic carbocycles. The van der Waals surface area contributed by atoms with Crippen molar-refractivity contribution < 1.29 is 68.1 Å². The van der Waals surface area contributed by atoms with Crippen molar-refractivity contribution >= 4 is 71.0 Å². The van der Waals surface area contributed by atoms with Crippen molar-refractivity contribution in [1.82, 2.24) is 47.9 Å². The van der Waals surface area contributed by atoms with Gasteiger partial charge in [-0.2, -0.15) is 0 Å². The maximum absolute atomic E-state index is 14.0. The fourth-order valence-corrected chi connectivity index (χ4v) is 7.28. The predicted octanol–water partition coefficient (Wildman–Crippen LogP) is -4.22. The van der Waals surface area contributed by atoms with Gasteiger partial charge in [-0.1, -0.05) is 60.1 Å². The molecule has 1 aromatic rings. The average molecular weight is 1080 g/mol. The Bertz CT molecular complexity index is 2190. The van der Waals surface area contributed by atoms with Crippen molar-refractivity contribution in [3.8, 4) is 5.75 Å². The van der Waals surface area contributed by atoms with Crippen molar-refractivity contribution in [2.45, 2.75) is 167 Å². The number of carboxylic acid groups (broad SMARTS) is 1. The van der Waals surface area contributed by atoms with Crippen molar-refractivity contribution in [3.63, 3.8) is 0 Å². The highest BCUT2D eigenvalue weighted by molar-refractivity contribution is 5.99. The van der Waals surface area contributed by atoms with Gasteiger partial charge in [-0.15, -0.1) is 0 Å². The second kappa shape index (κ2) is 32.6. The van der Waals surface area contributed by atoms with Gasteiger partial charge in [0, 0.05) is 19.4 Å². The smallest absolute Gasteiger partial charge is 0.305 e. The van der Waals surface area contributed by atoms with Crippen LogP contribution in [0.25, 0.3) is 0 Å². The number of guanidine groups is 1. The molecule has 0 unspecified atom stereocenters. The van der Waals surface area contributed by atoms with Crippen LogP contribution in [0.5, 0.6) is 5.75 Å². The topological polar surface area (TPSA) is 485 Å². The highest BCUT2D eigenvalue weighted by atomic mass is 16.4. The molecule has 0 heterocycles. The molecule has 0 fully saturated rings. The summed E-state index contributed by atoms with van der Waals surface area (Å²) in [5, 5.41) is 59.7. The van der Waals surface area contributed by atoms with E-state index in [2.05, 4.69) is 47.9 Å². The first-order valence-electron chi connectivity index (χ1n) is 24.9. The Kier molecular flexibility index (Phi) is 28.5. The van der Waals surface area contributed by atoms with Crippen LogP contribution in [-0.2, 0) is 59.2 Å². The van der Waals surface area contributed by atoms with Gasteiger partial charge in [0.05, 0.1) is 18.6 Å². The lowest BCUT2D eigenvalue weighted by Gasteiger charge is -2.29. The number of rotatable bonds is 34. The van der Waals surface area contributed by atoms with E-state index in [-0.39, 0.29) is 56.3 Å². The molecule has 28 heteroatoms. The van der Waals surface area contributed by atoms with Gasteiger partial charge >= 0.3 is 5.97 Å². The standard InChI is InChI=1S/C48H80N14O14/c1-9-24(6)37(46(75)56-30(39(51)68)16-17-34(50)65)61-40(69)25(7)55-45(74)36(23(4)5)60-43(72)31(19-22(2)3)58-42(71)33(21-35(66)67)59-47(76)38(26(8)63)62-44(73)32(20-27-12-14-28(64)15-13-27)57-41(70)29(49)11-10-18-54-48(52)53/h12-15,22-26,29-33,36-38,63-64H,9-11,16-21,49H2,1-8H3,(H2,50,65)(H2,51,68)(H,55,74)(H,56,75)(H,57,70)(H,58,71)(H,59,76)(H,60,72)(H,61,69)(H,62,73)(H,66,67)(H4,52,53,54)/t24-,25-,26+,29-,30-,31-,32-,33-,36-,37-,38-/m0/s1. The van der Waals surface area contributed by atoms with E-state index in [1.54, 1.807) is 41.5 Å². The van der Waals surface area contributed by atoms with Gasteiger partial charge in [-0.05, 0) is 75.0 Å². The third-order valence-electron chi connectivity index (χ3n) is 11.9. The molecule has 0 bridgehead atoms. The highest BCUT2D eigenvalue weighted by Crippen LogP contribution is 2.14. The molecule has 76 heavy (non-hydrogen) atoms. The molecule has 0 saturated carbocycles. The fraction of sp³-hybridized carbons (Fsp3) is 0.625. The molecule has 0 aliphatic heterocycles. The molecule has 21 N–H and O–H groups in total. The van der Waals surface area contributed by atoms with Gasteiger partial charge in [0.15, 0.2) is 5.96 Å². The fourth-order valence-electron chi connectivity index (χ4n) is 7.28. The first-order valence-corrected chi connectivity index (χ1v) is 24.9. The zero-order chi connectivity index (χ0) is 58.1. The zero-order valence-corrected chi connectivity index (χ0v) is 44.3. The van der Waals surface area contributed by atoms with Gasteiger partial charge in [0.2, 0.25) is 59.1 Å². The average Bonchev–Trinajstić information content (AvgIpc) is 3.32. The molecule has 11 atom stereocenters. The first-order chi connectivity index (χ1) is 35.4. The predicted molar refractivity (Wildman–Crippen MR) is 275 cm³/mol. The number of hydrogen-bond donors (Lipinski definition) is 17. The van der Waals surface area contributed by atoms with Crippen molar-refractivity contribution in [3.05, 3.63) is 29.8 Å². The minimum atomic E-state index is -1.92. The van der Waals surface area contributed by atoms with E-state index in [0.717, 1.165) is 6.92 Å². The molecule has 0 aromatic heterocycles. The van der Waals surface area contributed by atoms with E-state index in [1.165, 1.54) is 31.2 Å². The van der Waals surface area contributed by atoms with Crippen molar-refractivity contribution in [2.75, 3.05) is 6.54 Å². The lowest BCUT2D eigenvalue weighted by Crippen LogP contribution is -2.62. The van der Waals surface area contributed by atoms with Crippen LogP contribution in [0, 0.1) is 23.2 Å². The largest absolute Gasteiger partial charge is 0.508 e. The molecular weight excluding hydrogens is 997 g/mol. The summed E-state index contributed by atoms with van der Waals surface area (Å²) < 4.78 is 0. The monoisotopic (exact) mass is 1080 g/mol. The quantitative estimate of drug-likeness (QED) is 0.0177. The summed E-state index contributed by atoms with van der Waals surface area (Å²) in [5.74, 6) is -12.6. The Labute approximate surface area is 441 Å². The van der Waals surface area contributed by atoms with E-state index in [4.69, 9.17) is 28.3 Å². The summed E-state index contributed by atoms with van der Waals surface area (Å²) >= 11 is 0. The van der Waals surface area contributed by atoms with E-state index < -0.39 is 144 Å². The first kappa shape index (κ1) is 66.4. The van der Waals surface area contributed by atoms with E-state index in [9.17, 15) is 68.1 Å². The number of aliphatic carboxylic acids is 1. The highest BCUT2D eigenvalue weighted by Gasteiger charge is 2.37. The third-order valence-corrected chi connectivity index (χ3v) is 11.9. The maximum Gasteiger partial charge on any atom is 0.305 e. The minimum Gasteiger partial charge on any atom is -0.508 e. The van der Waals surface area contributed by atoms with Gasteiger partial charge in [0.1, 0.15) is 54.1 Å². The lowest BCUT2D eigenvalue weighted by atomic mass is 9.97. The Balaban J connectivity index is 3.33. The van der Waals surface area contributed by atoms with Crippen LogP contribution >= 0.6 is 0 Å². The Morgan fingerprint density at radius 2 is 1.11 bits per heavy atom. The zero-order valence-electron chi connectivity index (χ0n) is 44.3. The Morgan fingerprint density at radius 1 is 0.605 bits per heavy atom. The van der Waals surface area contributed by atoms with Crippen LogP contribution < -0.4 is 70.8 Å². The normalized spacial score (nSPS) is 15.5. The maximum atomic E-state index is 14.0. The van der Waals surface area contributed by atoms with Crippen LogP contribution in [0.15, 0.2) is 24.3 Å². The molecule has 1 rings (SSSR count). The number of nitrogens with one attached hydrogen (secondary N) is 10. The van der Waals surface area contributed by atoms with Crippen LogP contribution in [-0.4, -0.2) is 153 Å². The summed E-state index contributed by atoms with van der Waals surface area (Å²) in [6.45, 7) is 12.6. The number of aliphatic hydroxyl groups excluding tert-OH is 1.